The molecule has 1 saturated heterocycles. The molecule has 5 rings (SSSR count). The normalized spacial score (nSPS) is 35.9. The Morgan fingerprint density at radius 2 is 2.25 bits per heavy atom. The zero-order valence-corrected chi connectivity index (χ0v) is 15.3. The van der Waals surface area contributed by atoms with Crippen molar-refractivity contribution in [3.63, 3.8) is 0 Å². The van der Waals surface area contributed by atoms with Crippen LogP contribution in [0.5, 0.6) is 0 Å². The highest BCUT2D eigenvalue weighted by Gasteiger charge is 2.22. The lowest BCUT2D eigenvalue weighted by molar-refractivity contribution is -0.115. The third-order valence-corrected chi connectivity index (χ3v) is 4.83. The van der Waals surface area contributed by atoms with Gasteiger partial charge in [-0.3, -0.25) is 9.69 Å². The minimum absolute atomic E-state index is 0.170. The molecule has 3 aromatic rings. The first kappa shape index (κ1) is 6.97. The van der Waals surface area contributed by atoms with Crippen LogP contribution in [0.4, 0.5) is 11.5 Å². The SMILES string of the molecule is [2H]c1c(Cl)c(C([2H])([2H])C([2H])([2H])N2C([2H])([2H])C([2H])N(c3nsc4c([2H])c([2H])c([2H])c([2H])c34)C([2H])([2H])C2([2H])[2H])c([2H])c2c1N([2H])C(=O)C2. The maximum atomic E-state index is 12.2. The summed E-state index contributed by atoms with van der Waals surface area (Å²) in [6.45, 7) is -17.9. The fourth-order valence-electron chi connectivity index (χ4n) is 2.53. The number of rotatable bonds is 4. The van der Waals surface area contributed by atoms with Crippen LogP contribution in [-0.4, -0.2) is 47.7 Å². The van der Waals surface area contributed by atoms with Crippen molar-refractivity contribution in [2.45, 2.75) is 12.8 Å². The van der Waals surface area contributed by atoms with Crippen molar-refractivity contribution in [2.75, 3.05) is 42.7 Å². The van der Waals surface area contributed by atoms with Gasteiger partial charge in [0.05, 0.1) is 23.5 Å². The predicted molar refractivity (Wildman–Crippen MR) is 116 cm³/mol. The van der Waals surface area contributed by atoms with Gasteiger partial charge in [0.1, 0.15) is 5.82 Å². The average Bonchev–Trinajstić information content (AvgIpc) is 3.49. The van der Waals surface area contributed by atoms with E-state index in [0.29, 0.717) is 11.5 Å². The summed E-state index contributed by atoms with van der Waals surface area (Å²) in [6, 6.07) is -4.47. The lowest BCUT2D eigenvalue weighted by Crippen LogP contribution is -2.47. The molecular formula is C21H21ClN4OS. The quantitative estimate of drug-likeness (QED) is 0.683. The van der Waals surface area contributed by atoms with Gasteiger partial charge in [-0.1, -0.05) is 29.7 Å². The number of carbonyl (C=O) groups is 1. The maximum absolute atomic E-state index is 12.2. The fraction of sp³-hybridized carbons (Fsp3) is 0.333. The minimum Gasteiger partial charge on any atom is -0.353 e. The molecule has 3 heterocycles. The number of amides is 1. The summed E-state index contributed by atoms with van der Waals surface area (Å²) in [7, 11) is 0. The Morgan fingerprint density at radius 1 is 1.36 bits per heavy atom. The zero-order chi connectivity index (χ0) is 35.0. The van der Waals surface area contributed by atoms with Gasteiger partial charge >= 0.3 is 0 Å². The second-order valence-electron chi connectivity index (χ2n) is 5.58. The Morgan fingerprint density at radius 3 is 3.18 bits per heavy atom. The molecule has 1 aromatic heterocycles. The lowest BCUT2D eigenvalue weighted by Gasteiger charge is -2.35. The van der Waals surface area contributed by atoms with Crippen LogP contribution >= 0.6 is 23.1 Å². The van der Waals surface area contributed by atoms with Crippen LogP contribution in [0, 0.1) is 0 Å². The van der Waals surface area contributed by atoms with Gasteiger partial charge in [-0.25, -0.2) is 0 Å². The third-order valence-electron chi connectivity index (χ3n) is 3.79. The Kier molecular flexibility index (Phi) is 1.83. The molecular weight excluding hydrogens is 392 g/mol. The van der Waals surface area contributed by atoms with Crippen LogP contribution in [0.15, 0.2) is 36.3 Å². The van der Waals surface area contributed by atoms with Gasteiger partial charge in [0.2, 0.25) is 5.91 Å². The van der Waals surface area contributed by atoms with Gasteiger partial charge in [-0.15, -0.1) is 0 Å². The van der Waals surface area contributed by atoms with Gasteiger partial charge in [-0.2, -0.15) is 4.37 Å². The molecule has 1 atom stereocenters. The summed E-state index contributed by atoms with van der Waals surface area (Å²) < 4.78 is 157. The smallest absolute Gasteiger partial charge is 0.228 e. The number of carbonyl (C=O) groups excluding carboxylic acids is 1. The summed E-state index contributed by atoms with van der Waals surface area (Å²) in [5, 5.41) is -1.10. The number of piperazine rings is 1. The molecule has 2 aromatic carbocycles. The molecule has 1 amide bonds. The maximum Gasteiger partial charge on any atom is 0.228 e. The molecule has 0 saturated carbocycles. The Hall–Kier alpha value is -2.15. The van der Waals surface area contributed by atoms with Crippen molar-refractivity contribution in [3.05, 3.63) is 52.4 Å². The van der Waals surface area contributed by atoms with E-state index < -0.39 is 120 Å². The number of anilines is 2. The van der Waals surface area contributed by atoms with Crippen LogP contribution in [0.2, 0.25) is 6.43 Å². The number of benzene rings is 2. The van der Waals surface area contributed by atoms with Crippen LogP contribution in [0.3, 0.4) is 0 Å². The monoisotopic (exact) mass is 430 g/mol. The van der Waals surface area contributed by atoms with E-state index in [1.165, 1.54) is 0 Å². The number of hydrogen-bond donors (Lipinski definition) is 1. The van der Waals surface area contributed by atoms with E-state index in [1.54, 1.807) is 0 Å². The molecule has 1 N–H and O–H groups in total. The largest absolute Gasteiger partial charge is 0.353 e. The average molecular weight is 431 g/mol. The molecule has 1 fully saturated rings. The third kappa shape index (κ3) is 3.36. The molecule has 1 unspecified atom stereocenters. The summed E-state index contributed by atoms with van der Waals surface area (Å²) >= 11 is 6.68. The van der Waals surface area contributed by atoms with Gasteiger partial charge in [0.15, 0.2) is 1.41 Å². The molecule has 7 heteroatoms. The van der Waals surface area contributed by atoms with E-state index in [2.05, 4.69) is 4.37 Å². The minimum atomic E-state index is -4.00. The van der Waals surface area contributed by atoms with Gasteiger partial charge in [0.25, 0.3) is 0 Å². The standard InChI is InChI=1S/C21H21ClN4OS/c22-17-13-18-15(12-20(27)23-18)11-14(17)5-6-25-7-9-26(10-8-25)21-16-3-1-2-4-19(16)28-24-21/h1-4,11,13H,5-10,12H2,(H,23,27)/i1D,2D,3D,4D,5D2,6D2,7D2,8D2,9D,10D2,11D,13D/hD. The van der Waals surface area contributed by atoms with E-state index in [4.69, 9.17) is 36.3 Å². The highest BCUT2D eigenvalue weighted by atomic mass is 35.5. The molecule has 2 aliphatic rings. The molecule has 5 nitrogen and oxygen atoms in total. The summed E-state index contributed by atoms with van der Waals surface area (Å²) in [6.07, 6.45) is -4.39. The van der Waals surface area contributed by atoms with Crippen molar-refractivity contribution in [3.8, 4) is 0 Å². The van der Waals surface area contributed by atoms with Gasteiger partial charge in [0, 0.05) is 59.6 Å². The molecule has 2 aliphatic heterocycles. The zero-order valence-electron chi connectivity index (χ0n) is 31.8. The molecule has 0 radical (unpaired) electrons. The van der Waals surface area contributed by atoms with Crippen molar-refractivity contribution in [1.82, 2.24) is 9.27 Å². The van der Waals surface area contributed by atoms with Crippen LogP contribution in [0.1, 0.15) is 34.4 Å². The Bertz CT molecular complexity index is 1830. The highest BCUT2D eigenvalue weighted by Crippen LogP contribution is 2.31. The van der Waals surface area contributed by atoms with Crippen molar-refractivity contribution in [2.24, 2.45) is 0 Å². The topological polar surface area (TPSA) is 48.5 Å². The number of aromatic nitrogens is 1. The second kappa shape index (κ2) is 7.35. The van der Waals surface area contributed by atoms with Crippen molar-refractivity contribution < 1.29 is 29.5 Å². The van der Waals surface area contributed by atoms with E-state index in [-0.39, 0.29) is 20.5 Å². The first-order valence-electron chi connectivity index (χ1n) is 16.8. The molecule has 0 bridgehead atoms. The van der Waals surface area contributed by atoms with Crippen LogP contribution < -0.4 is 10.2 Å². The van der Waals surface area contributed by atoms with Crippen LogP contribution in [-0.2, 0) is 17.6 Å². The Labute approximate surface area is 198 Å². The first-order chi connectivity index (χ1) is 20.8. The summed E-state index contributed by atoms with van der Waals surface area (Å²) in [4.78, 5) is 11.9. The van der Waals surface area contributed by atoms with Crippen molar-refractivity contribution in [1.29, 1.82) is 0 Å². The number of hydrogen-bond acceptors (Lipinski definition) is 5. The van der Waals surface area contributed by atoms with E-state index in [0.717, 1.165) is 0 Å². The Balaban J connectivity index is 1.72. The van der Waals surface area contributed by atoms with Crippen molar-refractivity contribution >= 4 is 50.6 Å². The fourth-order valence-corrected chi connectivity index (χ4v) is 3.40. The van der Waals surface area contributed by atoms with Crippen LogP contribution in [0.25, 0.3) is 10.1 Å². The van der Waals surface area contributed by atoms with E-state index >= 15 is 0 Å². The highest BCUT2D eigenvalue weighted by molar-refractivity contribution is 7.13. The number of halogens is 1. The molecule has 0 aliphatic carbocycles. The van der Waals surface area contributed by atoms with Gasteiger partial charge < -0.3 is 10.2 Å². The lowest BCUT2D eigenvalue weighted by atomic mass is 10.1. The van der Waals surface area contributed by atoms with E-state index in [9.17, 15) is 4.79 Å². The number of nitrogens with one attached hydrogen (secondary N) is 1. The molecule has 144 valence electrons. The summed E-state index contributed by atoms with van der Waals surface area (Å²) in [5.41, 5.74) is -1.90. The predicted octanol–water partition coefficient (Wildman–Crippen LogP) is 3.81. The number of fused-ring (bicyclic) bond motifs is 2. The molecule has 0 spiro atoms. The summed E-state index contributed by atoms with van der Waals surface area (Å²) in [5.74, 6) is -1.63. The first-order valence-corrected chi connectivity index (χ1v) is 8.97. The number of nitrogens with zero attached hydrogens (tertiary/aromatic N) is 3. The van der Waals surface area contributed by atoms with E-state index in [1.807, 2.05) is 0 Å². The second-order valence-corrected chi connectivity index (χ2v) is 6.73. The molecule has 28 heavy (non-hydrogen) atoms. The van der Waals surface area contributed by atoms with Gasteiger partial charge in [-0.05, 0) is 47.2 Å².